The number of hydrogen-bond donors (Lipinski definition) is 1. The number of hydrogen-bond acceptors (Lipinski definition) is 5. The second-order valence-corrected chi connectivity index (χ2v) is 7.61. The second-order valence-electron chi connectivity index (χ2n) is 7.61. The third kappa shape index (κ3) is 6.12. The summed E-state index contributed by atoms with van der Waals surface area (Å²) in [5.41, 5.74) is 8.53. The van der Waals surface area contributed by atoms with E-state index in [0.717, 1.165) is 49.0 Å². The van der Waals surface area contributed by atoms with Crippen molar-refractivity contribution in [1.29, 1.82) is 0 Å². The van der Waals surface area contributed by atoms with Crippen LogP contribution >= 0.6 is 24.8 Å². The summed E-state index contributed by atoms with van der Waals surface area (Å²) < 4.78 is 5.89. The molecule has 4 rings (SSSR count). The van der Waals surface area contributed by atoms with E-state index in [1.807, 2.05) is 47.4 Å². The topological polar surface area (TPSA) is 75.6 Å². The van der Waals surface area contributed by atoms with Gasteiger partial charge >= 0.3 is 0 Å². The van der Waals surface area contributed by atoms with Crippen molar-refractivity contribution in [3.05, 3.63) is 60.2 Å². The van der Waals surface area contributed by atoms with Crippen molar-refractivity contribution >= 4 is 47.8 Å². The Morgan fingerprint density at radius 2 is 1.74 bits per heavy atom. The number of rotatable bonds is 7. The number of carbonyl (C=O) groups excluding carboxylic acids is 1. The van der Waals surface area contributed by atoms with Gasteiger partial charge in [0.1, 0.15) is 5.52 Å². The van der Waals surface area contributed by atoms with E-state index < -0.39 is 0 Å². The van der Waals surface area contributed by atoms with Crippen LogP contribution < -0.4 is 10.6 Å². The molecule has 0 spiro atoms. The molecule has 31 heavy (non-hydrogen) atoms. The second kappa shape index (κ2) is 11.9. The predicted octanol–water partition coefficient (Wildman–Crippen LogP) is 4.27. The van der Waals surface area contributed by atoms with Crippen molar-refractivity contribution in [1.82, 2.24) is 9.88 Å². The molecule has 168 valence electrons. The number of amides is 1. The molecule has 2 N–H and O–H groups in total. The molecule has 0 bridgehead atoms. The molecule has 1 aliphatic heterocycles. The van der Waals surface area contributed by atoms with Crippen LogP contribution in [-0.4, -0.2) is 42.0 Å². The molecule has 0 radical (unpaired) electrons. The molecule has 2 heterocycles. The maximum absolute atomic E-state index is 13.2. The van der Waals surface area contributed by atoms with Crippen molar-refractivity contribution in [3.8, 4) is 0 Å². The van der Waals surface area contributed by atoms with Crippen molar-refractivity contribution in [2.45, 2.75) is 25.8 Å². The van der Waals surface area contributed by atoms with E-state index in [9.17, 15) is 4.79 Å². The standard InChI is InChI=1S/C23H28N4O2.2ClH/c24-13-6-14-27(17-18-7-2-1-3-8-18)22(28)19-11-15-26(16-12-19)23-25-20-9-4-5-10-21(20)29-23;;/h1-5,7-10,19H,6,11-17,24H2;2*1H. The van der Waals surface area contributed by atoms with Gasteiger partial charge in [0.25, 0.3) is 6.01 Å². The fourth-order valence-electron chi connectivity index (χ4n) is 3.92. The molecule has 1 fully saturated rings. The summed E-state index contributed by atoms with van der Waals surface area (Å²) in [5.74, 6) is 0.275. The smallest absolute Gasteiger partial charge is 0.298 e. The lowest BCUT2D eigenvalue weighted by Gasteiger charge is -2.33. The molecule has 1 aliphatic rings. The van der Waals surface area contributed by atoms with Gasteiger partial charge in [-0.2, -0.15) is 4.98 Å². The van der Waals surface area contributed by atoms with E-state index in [2.05, 4.69) is 22.0 Å². The van der Waals surface area contributed by atoms with Crippen molar-refractivity contribution in [2.75, 3.05) is 31.1 Å². The first kappa shape index (κ1) is 25.0. The van der Waals surface area contributed by atoms with E-state index in [1.54, 1.807) is 0 Å². The number of nitrogens with two attached hydrogens (primary N) is 1. The highest BCUT2D eigenvalue weighted by atomic mass is 35.5. The molecule has 3 aromatic rings. The SMILES string of the molecule is Cl.Cl.NCCCN(Cc1ccccc1)C(=O)C1CCN(c2nc3ccccc3o2)CC1. The minimum absolute atomic E-state index is 0. The zero-order valence-electron chi connectivity index (χ0n) is 17.5. The molecule has 0 unspecified atom stereocenters. The summed E-state index contributed by atoms with van der Waals surface area (Å²) in [6.07, 6.45) is 2.44. The monoisotopic (exact) mass is 464 g/mol. The van der Waals surface area contributed by atoms with E-state index in [4.69, 9.17) is 10.2 Å². The van der Waals surface area contributed by atoms with Crippen molar-refractivity contribution < 1.29 is 9.21 Å². The average molecular weight is 465 g/mol. The predicted molar refractivity (Wildman–Crippen MR) is 129 cm³/mol. The Bertz CT molecular complexity index is 910. The summed E-state index contributed by atoms with van der Waals surface area (Å²) >= 11 is 0. The number of oxazole rings is 1. The molecule has 2 aromatic carbocycles. The maximum atomic E-state index is 13.2. The third-order valence-corrected chi connectivity index (χ3v) is 5.56. The van der Waals surface area contributed by atoms with Gasteiger partial charge in [0.15, 0.2) is 5.58 Å². The molecule has 1 aromatic heterocycles. The molecule has 0 saturated carbocycles. The van der Waals surface area contributed by atoms with E-state index in [0.29, 0.717) is 25.6 Å². The van der Waals surface area contributed by atoms with Gasteiger partial charge in [-0.15, -0.1) is 24.8 Å². The van der Waals surface area contributed by atoms with Gasteiger partial charge in [0.05, 0.1) is 0 Å². The first-order valence-electron chi connectivity index (χ1n) is 10.4. The van der Waals surface area contributed by atoms with Crippen molar-refractivity contribution in [3.63, 3.8) is 0 Å². The van der Waals surface area contributed by atoms with Crippen molar-refractivity contribution in [2.24, 2.45) is 11.7 Å². The Morgan fingerprint density at radius 1 is 1.06 bits per heavy atom. The first-order chi connectivity index (χ1) is 14.2. The van der Waals surface area contributed by atoms with Crippen LogP contribution in [0.1, 0.15) is 24.8 Å². The van der Waals surface area contributed by atoms with Crippen LogP contribution in [-0.2, 0) is 11.3 Å². The number of halogens is 2. The molecule has 0 aliphatic carbocycles. The van der Waals surface area contributed by atoms with Crippen LogP contribution in [0.2, 0.25) is 0 Å². The van der Waals surface area contributed by atoms with Gasteiger partial charge in [0.2, 0.25) is 5.91 Å². The number of fused-ring (bicyclic) bond motifs is 1. The van der Waals surface area contributed by atoms with Gasteiger partial charge in [-0.05, 0) is 43.5 Å². The Hall–Kier alpha value is -2.28. The summed E-state index contributed by atoms with van der Waals surface area (Å²) in [5, 5.41) is 0. The number of piperidine rings is 1. The maximum Gasteiger partial charge on any atom is 0.298 e. The number of benzene rings is 2. The number of anilines is 1. The number of para-hydroxylation sites is 2. The molecular formula is C23H30Cl2N4O2. The van der Waals surface area contributed by atoms with Crippen LogP contribution in [0.15, 0.2) is 59.0 Å². The molecule has 1 saturated heterocycles. The first-order valence-corrected chi connectivity index (χ1v) is 10.4. The largest absolute Gasteiger partial charge is 0.423 e. The molecule has 0 atom stereocenters. The minimum Gasteiger partial charge on any atom is -0.423 e. The summed E-state index contributed by atoms with van der Waals surface area (Å²) in [7, 11) is 0. The highest BCUT2D eigenvalue weighted by Gasteiger charge is 2.30. The zero-order chi connectivity index (χ0) is 20.1. The molecule has 6 nitrogen and oxygen atoms in total. The number of carbonyl (C=O) groups is 1. The molecule has 1 amide bonds. The van der Waals surface area contributed by atoms with Crippen LogP contribution in [0, 0.1) is 5.92 Å². The Labute approximate surface area is 195 Å². The Kier molecular flexibility index (Phi) is 9.62. The fraction of sp³-hybridized carbons (Fsp3) is 0.391. The minimum atomic E-state index is 0. The van der Waals surface area contributed by atoms with Crippen LogP contribution in [0.5, 0.6) is 0 Å². The van der Waals surface area contributed by atoms with Crippen LogP contribution in [0.4, 0.5) is 6.01 Å². The third-order valence-electron chi connectivity index (χ3n) is 5.56. The van der Waals surface area contributed by atoms with E-state index in [1.165, 1.54) is 0 Å². The van der Waals surface area contributed by atoms with Crippen LogP contribution in [0.3, 0.4) is 0 Å². The van der Waals surface area contributed by atoms with Gasteiger partial charge in [-0.25, -0.2) is 0 Å². The normalized spacial score (nSPS) is 14.0. The summed E-state index contributed by atoms with van der Waals surface area (Å²) in [4.78, 5) is 21.9. The average Bonchev–Trinajstić information content (AvgIpc) is 3.21. The van der Waals surface area contributed by atoms with Gasteiger partial charge in [-0.1, -0.05) is 42.5 Å². The highest BCUT2D eigenvalue weighted by molar-refractivity contribution is 5.85. The lowest BCUT2D eigenvalue weighted by molar-refractivity contribution is -0.136. The van der Waals surface area contributed by atoms with Gasteiger partial charge < -0.3 is 20.0 Å². The molecule has 8 heteroatoms. The number of nitrogens with zero attached hydrogens (tertiary/aromatic N) is 3. The fourth-order valence-corrected chi connectivity index (χ4v) is 3.92. The van der Waals surface area contributed by atoms with Gasteiger partial charge in [-0.3, -0.25) is 4.79 Å². The molecular weight excluding hydrogens is 435 g/mol. The zero-order valence-corrected chi connectivity index (χ0v) is 19.1. The van der Waals surface area contributed by atoms with Crippen LogP contribution in [0.25, 0.3) is 11.1 Å². The highest BCUT2D eigenvalue weighted by Crippen LogP contribution is 2.27. The summed E-state index contributed by atoms with van der Waals surface area (Å²) in [6.45, 7) is 3.49. The lowest BCUT2D eigenvalue weighted by Crippen LogP contribution is -2.43. The number of aromatic nitrogens is 1. The summed E-state index contributed by atoms with van der Waals surface area (Å²) in [6, 6.07) is 18.6. The quantitative estimate of drug-likeness (QED) is 0.564. The lowest BCUT2D eigenvalue weighted by atomic mass is 9.95. The van der Waals surface area contributed by atoms with Gasteiger partial charge in [0, 0.05) is 32.1 Å². The van der Waals surface area contributed by atoms with E-state index >= 15 is 0 Å². The Balaban J connectivity index is 0.00000171. The van der Waals surface area contributed by atoms with E-state index in [-0.39, 0.29) is 36.6 Å². The Morgan fingerprint density at radius 3 is 2.42 bits per heavy atom.